The molecule has 1 N–H and O–H groups in total. The molecule has 1 aliphatic heterocycles. The van der Waals surface area contributed by atoms with Gasteiger partial charge in [0.1, 0.15) is 0 Å². The minimum atomic E-state index is -1.52. The predicted octanol–water partition coefficient (Wildman–Crippen LogP) is 1.12. The molecular weight excluding hydrogens is 192 g/mol. The largest absolute Gasteiger partial charge is 0.359 e. The lowest BCUT2D eigenvalue weighted by molar-refractivity contribution is -0.212. The maximum Gasteiger partial charge on any atom is 0.234 e. The van der Waals surface area contributed by atoms with Crippen LogP contribution >= 0.6 is 0 Å². The third-order valence-electron chi connectivity index (χ3n) is 4.77. The number of carbonyl (C=O) groups is 1. The van der Waals surface area contributed by atoms with E-state index in [0.717, 1.165) is 5.57 Å². The van der Waals surface area contributed by atoms with E-state index < -0.39 is 11.2 Å². The molecule has 4 aliphatic rings. The standard InChI is InChI=1S/C12H16O3/c1-6-4-11(3)7(2)8-5-15-12(14,9(6)8)10(11)13/h4,7-9,14H,5H2,1-3H3/t7-,8-,9+,11-,12+/m1/s1. The summed E-state index contributed by atoms with van der Waals surface area (Å²) in [6.45, 7) is 6.51. The lowest BCUT2D eigenvalue weighted by atomic mass is 9.52. The zero-order valence-corrected chi connectivity index (χ0v) is 9.28. The summed E-state index contributed by atoms with van der Waals surface area (Å²) in [5, 5.41) is 10.3. The fourth-order valence-corrected chi connectivity index (χ4v) is 3.78. The van der Waals surface area contributed by atoms with Crippen molar-refractivity contribution in [1.29, 1.82) is 0 Å². The summed E-state index contributed by atoms with van der Waals surface area (Å²) in [4.78, 5) is 12.2. The van der Waals surface area contributed by atoms with Crippen molar-refractivity contribution in [2.75, 3.05) is 6.61 Å². The van der Waals surface area contributed by atoms with Crippen LogP contribution in [0.3, 0.4) is 0 Å². The summed E-state index contributed by atoms with van der Waals surface area (Å²) in [7, 11) is 0. The van der Waals surface area contributed by atoms with Crippen molar-refractivity contribution in [1.82, 2.24) is 0 Å². The van der Waals surface area contributed by atoms with E-state index >= 15 is 0 Å². The zero-order valence-electron chi connectivity index (χ0n) is 9.28. The predicted molar refractivity (Wildman–Crippen MR) is 53.9 cm³/mol. The van der Waals surface area contributed by atoms with Gasteiger partial charge in [-0.1, -0.05) is 18.6 Å². The van der Waals surface area contributed by atoms with E-state index in [9.17, 15) is 9.90 Å². The highest BCUT2D eigenvalue weighted by Gasteiger charge is 2.69. The number of carbonyl (C=O) groups excluding carboxylic acids is 1. The molecule has 15 heavy (non-hydrogen) atoms. The Morgan fingerprint density at radius 2 is 2.27 bits per heavy atom. The van der Waals surface area contributed by atoms with Crippen molar-refractivity contribution in [2.24, 2.45) is 23.2 Å². The van der Waals surface area contributed by atoms with E-state index in [1.807, 2.05) is 19.9 Å². The first-order valence-corrected chi connectivity index (χ1v) is 5.52. The molecule has 4 bridgehead atoms. The molecule has 2 fully saturated rings. The fourth-order valence-electron chi connectivity index (χ4n) is 3.78. The van der Waals surface area contributed by atoms with Crippen LogP contribution in [0.1, 0.15) is 20.8 Å². The minimum absolute atomic E-state index is 0.109. The van der Waals surface area contributed by atoms with E-state index in [4.69, 9.17) is 4.74 Å². The first-order valence-electron chi connectivity index (χ1n) is 5.52. The van der Waals surface area contributed by atoms with Crippen LogP contribution in [-0.4, -0.2) is 23.3 Å². The van der Waals surface area contributed by atoms with E-state index in [0.29, 0.717) is 12.5 Å². The quantitative estimate of drug-likeness (QED) is 0.607. The highest BCUT2D eigenvalue weighted by atomic mass is 16.6. The molecule has 0 amide bonds. The maximum atomic E-state index is 12.2. The number of hydrogen-bond acceptors (Lipinski definition) is 3. The molecule has 0 spiro atoms. The summed E-state index contributed by atoms with van der Waals surface area (Å²) in [6.07, 6.45) is 2.03. The number of aliphatic hydroxyl groups is 1. The van der Waals surface area contributed by atoms with Crippen molar-refractivity contribution in [3.63, 3.8) is 0 Å². The van der Waals surface area contributed by atoms with Crippen molar-refractivity contribution >= 4 is 5.78 Å². The number of ether oxygens (including phenoxy) is 1. The molecule has 3 nitrogen and oxygen atoms in total. The topological polar surface area (TPSA) is 46.5 Å². The molecule has 0 aromatic rings. The highest BCUT2D eigenvalue weighted by molar-refractivity contribution is 5.96. The van der Waals surface area contributed by atoms with Crippen molar-refractivity contribution in [3.05, 3.63) is 11.6 Å². The molecule has 0 unspecified atom stereocenters. The number of ketones is 1. The third kappa shape index (κ3) is 0.797. The Labute approximate surface area is 89.1 Å². The summed E-state index contributed by atoms with van der Waals surface area (Å²) >= 11 is 0. The number of Topliss-reactive ketones (excluding diaryl/α,β-unsaturated/α-hetero) is 1. The molecule has 3 heteroatoms. The van der Waals surface area contributed by atoms with Crippen LogP contribution in [0.15, 0.2) is 11.6 Å². The molecule has 1 saturated carbocycles. The second kappa shape index (κ2) is 2.36. The fraction of sp³-hybridized carbons (Fsp3) is 0.750. The van der Waals surface area contributed by atoms with E-state index in [-0.39, 0.29) is 17.6 Å². The molecule has 0 aromatic heterocycles. The summed E-state index contributed by atoms with van der Waals surface area (Å²) < 4.78 is 5.38. The van der Waals surface area contributed by atoms with E-state index in [1.54, 1.807) is 0 Å². The first-order chi connectivity index (χ1) is 6.91. The Balaban J connectivity index is 2.27. The molecule has 0 aromatic carbocycles. The Bertz CT molecular complexity index is 386. The second-order valence-corrected chi connectivity index (χ2v) is 5.44. The lowest BCUT2D eigenvalue weighted by Gasteiger charge is -2.51. The van der Waals surface area contributed by atoms with Gasteiger partial charge < -0.3 is 9.84 Å². The molecule has 3 aliphatic carbocycles. The average Bonchev–Trinajstić information content (AvgIpc) is 2.50. The van der Waals surface area contributed by atoms with Crippen LogP contribution in [0, 0.1) is 23.2 Å². The Hall–Kier alpha value is -0.670. The molecule has 0 radical (unpaired) electrons. The van der Waals surface area contributed by atoms with Crippen LogP contribution in [0.5, 0.6) is 0 Å². The van der Waals surface area contributed by atoms with Gasteiger partial charge in [-0.25, -0.2) is 0 Å². The Kier molecular flexibility index (Phi) is 1.50. The molecule has 82 valence electrons. The van der Waals surface area contributed by atoms with Gasteiger partial charge in [-0.15, -0.1) is 0 Å². The van der Waals surface area contributed by atoms with Gasteiger partial charge in [-0.3, -0.25) is 4.79 Å². The highest BCUT2D eigenvalue weighted by Crippen LogP contribution is 2.60. The van der Waals surface area contributed by atoms with Crippen LogP contribution in [-0.2, 0) is 9.53 Å². The van der Waals surface area contributed by atoms with Crippen molar-refractivity contribution in [3.8, 4) is 0 Å². The van der Waals surface area contributed by atoms with Gasteiger partial charge in [0, 0.05) is 5.92 Å². The molecule has 5 atom stereocenters. The van der Waals surface area contributed by atoms with Gasteiger partial charge in [0.2, 0.25) is 11.6 Å². The van der Waals surface area contributed by atoms with Crippen LogP contribution < -0.4 is 0 Å². The van der Waals surface area contributed by atoms with Crippen LogP contribution in [0.4, 0.5) is 0 Å². The number of allylic oxidation sites excluding steroid dienone is 1. The Morgan fingerprint density at radius 1 is 1.60 bits per heavy atom. The van der Waals surface area contributed by atoms with Gasteiger partial charge in [0.15, 0.2) is 0 Å². The SMILES string of the molecule is CC1=C[C@@]2(C)C(=O)[C@@]3(O)OC[C@H]([C@H]2C)[C@H]13. The minimum Gasteiger partial charge on any atom is -0.359 e. The van der Waals surface area contributed by atoms with Gasteiger partial charge >= 0.3 is 0 Å². The maximum absolute atomic E-state index is 12.2. The number of rotatable bonds is 0. The van der Waals surface area contributed by atoms with Crippen molar-refractivity contribution < 1.29 is 14.6 Å². The zero-order chi connectivity index (χ0) is 11.0. The van der Waals surface area contributed by atoms with Crippen molar-refractivity contribution in [2.45, 2.75) is 26.6 Å². The number of hydrogen-bond donors (Lipinski definition) is 1. The van der Waals surface area contributed by atoms with Crippen LogP contribution in [0.25, 0.3) is 0 Å². The smallest absolute Gasteiger partial charge is 0.234 e. The normalized spacial score (nSPS) is 57.2. The van der Waals surface area contributed by atoms with E-state index in [1.165, 1.54) is 0 Å². The summed E-state index contributed by atoms with van der Waals surface area (Å²) in [5.74, 6) is -1.22. The first kappa shape index (κ1) is 9.55. The lowest BCUT2D eigenvalue weighted by Crippen LogP contribution is -2.62. The molecule has 1 saturated heterocycles. The average molecular weight is 208 g/mol. The second-order valence-electron chi connectivity index (χ2n) is 5.44. The van der Waals surface area contributed by atoms with Gasteiger partial charge in [-0.05, 0) is 25.7 Å². The third-order valence-corrected chi connectivity index (χ3v) is 4.77. The Morgan fingerprint density at radius 3 is 2.93 bits per heavy atom. The molecule has 1 heterocycles. The molecular formula is C12H16O3. The molecule has 4 rings (SSSR count). The van der Waals surface area contributed by atoms with Crippen LogP contribution in [0.2, 0.25) is 0 Å². The van der Waals surface area contributed by atoms with E-state index in [2.05, 4.69) is 6.92 Å². The summed E-state index contributed by atoms with van der Waals surface area (Å²) in [6, 6.07) is 0. The van der Waals surface area contributed by atoms with Gasteiger partial charge in [-0.2, -0.15) is 0 Å². The van der Waals surface area contributed by atoms with Gasteiger partial charge in [0.25, 0.3) is 0 Å². The summed E-state index contributed by atoms with van der Waals surface area (Å²) in [5.41, 5.74) is 0.578. The monoisotopic (exact) mass is 208 g/mol. The van der Waals surface area contributed by atoms with Gasteiger partial charge in [0.05, 0.1) is 12.0 Å².